The van der Waals surface area contributed by atoms with Crippen molar-refractivity contribution in [2.45, 2.75) is 69.2 Å². The van der Waals surface area contributed by atoms with Crippen molar-refractivity contribution < 1.29 is 28.1 Å². The molecule has 0 radical (unpaired) electrons. The van der Waals surface area contributed by atoms with Crippen molar-refractivity contribution >= 4 is 35.1 Å². The summed E-state index contributed by atoms with van der Waals surface area (Å²) < 4.78 is 32.4. The van der Waals surface area contributed by atoms with Gasteiger partial charge >= 0.3 is 5.97 Å². The van der Waals surface area contributed by atoms with Crippen molar-refractivity contribution in [3.05, 3.63) is 69.1 Å². The number of aromatic carboxylic acids is 1. The van der Waals surface area contributed by atoms with Crippen LogP contribution in [0.25, 0.3) is 22.7 Å². The van der Waals surface area contributed by atoms with Crippen LogP contribution in [-0.4, -0.2) is 44.6 Å². The van der Waals surface area contributed by atoms with Crippen molar-refractivity contribution in [2.24, 2.45) is 0 Å². The first-order chi connectivity index (χ1) is 19.9. The molecule has 3 aliphatic rings. The van der Waals surface area contributed by atoms with Gasteiger partial charge in [-0.2, -0.15) is 4.98 Å². The number of carboxylic acids is 1. The summed E-state index contributed by atoms with van der Waals surface area (Å²) in [5, 5.41) is 18.7. The Kier molecular flexibility index (Phi) is 6.72. The van der Waals surface area contributed by atoms with Gasteiger partial charge in [0.25, 0.3) is 11.8 Å². The number of hydrogen-bond acceptors (Lipinski definition) is 8. The van der Waals surface area contributed by atoms with E-state index >= 15 is 0 Å². The topological polar surface area (TPSA) is 115 Å². The van der Waals surface area contributed by atoms with Crippen LogP contribution >= 0.6 is 23.2 Å². The van der Waals surface area contributed by atoms with Crippen molar-refractivity contribution in [2.75, 3.05) is 4.90 Å². The molecule has 2 aromatic heterocycles. The largest absolute Gasteiger partial charge is 0.478 e. The number of carboxylic acid groups (broad SMARTS) is 1. The van der Waals surface area contributed by atoms with Gasteiger partial charge in [0.2, 0.25) is 0 Å². The number of nitrogens with zero attached hydrogens (tertiary/aromatic N) is 4. The summed E-state index contributed by atoms with van der Waals surface area (Å²) in [5.74, 6) is -0.762. The Hall–Kier alpha value is -3.47. The van der Waals surface area contributed by atoms with E-state index in [1.54, 1.807) is 18.2 Å². The number of anilines is 1. The van der Waals surface area contributed by atoms with Gasteiger partial charge in [0, 0.05) is 29.1 Å². The zero-order chi connectivity index (χ0) is 28.2. The third-order valence-corrected chi connectivity index (χ3v) is 8.86. The number of aromatic nitrogens is 3. The highest BCUT2D eigenvalue weighted by molar-refractivity contribution is 6.39. The first kappa shape index (κ1) is 26.4. The Labute approximate surface area is 244 Å². The fraction of sp³-hybridized carbons (Fsp3) is 0.379. The smallest absolute Gasteiger partial charge is 0.338 e. The highest BCUT2D eigenvalue weighted by Gasteiger charge is 2.44. The quantitative estimate of drug-likeness (QED) is 0.226. The van der Waals surface area contributed by atoms with Gasteiger partial charge in [0.1, 0.15) is 17.3 Å². The van der Waals surface area contributed by atoms with Crippen molar-refractivity contribution in [3.8, 4) is 22.7 Å². The minimum atomic E-state index is -1.36. The van der Waals surface area contributed by atoms with Gasteiger partial charge in [0.15, 0.2) is 0 Å². The van der Waals surface area contributed by atoms with E-state index in [2.05, 4.69) is 20.2 Å². The normalized spacial score (nSPS) is 21.9. The third kappa shape index (κ3) is 4.77. The molecule has 0 amide bonds. The van der Waals surface area contributed by atoms with Crippen LogP contribution in [-0.2, 0) is 11.3 Å². The predicted octanol–water partition coefficient (Wildman–Crippen LogP) is 7.13. The van der Waals surface area contributed by atoms with Crippen LogP contribution in [0.1, 0.15) is 66.1 Å². The van der Waals surface area contributed by atoms with Gasteiger partial charge in [-0.3, -0.25) is 0 Å². The minimum Gasteiger partial charge on any atom is -0.478 e. The molecular weight excluding hydrogens is 574 g/mol. The number of ether oxygens (including phenoxy) is 1. The molecule has 2 aliphatic heterocycles. The van der Waals surface area contributed by atoms with Crippen LogP contribution in [0.4, 0.5) is 10.3 Å². The summed E-state index contributed by atoms with van der Waals surface area (Å²) >= 11 is 13.0. The summed E-state index contributed by atoms with van der Waals surface area (Å²) in [4.78, 5) is 17.9. The number of rotatable bonds is 8. The van der Waals surface area contributed by atoms with Crippen molar-refractivity contribution in [3.63, 3.8) is 0 Å². The highest BCUT2D eigenvalue weighted by atomic mass is 35.5. The van der Waals surface area contributed by atoms with Crippen LogP contribution in [0.3, 0.4) is 0 Å². The third-order valence-electron chi connectivity index (χ3n) is 8.23. The molecule has 0 spiro atoms. The Bertz CT molecular complexity index is 1600. The molecule has 2 saturated heterocycles. The van der Waals surface area contributed by atoms with Gasteiger partial charge in [-0.25, -0.2) is 9.18 Å². The van der Waals surface area contributed by atoms with E-state index in [9.17, 15) is 14.3 Å². The summed E-state index contributed by atoms with van der Waals surface area (Å²) in [6.07, 6.45) is 5.51. The Morgan fingerprint density at radius 2 is 1.73 bits per heavy atom. The number of benzene rings is 2. The second kappa shape index (κ2) is 10.4. The van der Waals surface area contributed by atoms with E-state index in [1.807, 2.05) is 0 Å². The molecular formula is C29H25Cl2FN4O5. The molecule has 1 N–H and O–H groups in total. The molecule has 12 heteroatoms. The maximum absolute atomic E-state index is 14.8. The fourth-order valence-electron chi connectivity index (χ4n) is 6.13. The van der Waals surface area contributed by atoms with Gasteiger partial charge in [-0.1, -0.05) is 40.5 Å². The molecule has 4 aromatic rings. The molecule has 7 rings (SSSR count). The Morgan fingerprint density at radius 1 is 1.02 bits per heavy atom. The lowest BCUT2D eigenvalue weighted by atomic mass is 9.99. The van der Waals surface area contributed by atoms with Crippen LogP contribution in [0.2, 0.25) is 10.0 Å². The maximum Gasteiger partial charge on any atom is 0.338 e. The van der Waals surface area contributed by atoms with Crippen molar-refractivity contribution in [1.29, 1.82) is 0 Å². The monoisotopic (exact) mass is 598 g/mol. The number of carbonyl (C=O) groups is 1. The van der Waals surface area contributed by atoms with Crippen molar-refractivity contribution in [1.82, 2.24) is 15.3 Å². The Morgan fingerprint density at radius 3 is 2.41 bits per heavy atom. The van der Waals surface area contributed by atoms with E-state index < -0.39 is 17.3 Å². The number of halogens is 3. The van der Waals surface area contributed by atoms with E-state index in [0.29, 0.717) is 39.8 Å². The van der Waals surface area contributed by atoms with Gasteiger partial charge in [-0.15, -0.1) is 0 Å². The van der Waals surface area contributed by atoms with E-state index in [0.717, 1.165) is 49.8 Å². The first-order valence-electron chi connectivity index (χ1n) is 13.6. The summed E-state index contributed by atoms with van der Waals surface area (Å²) in [5.41, 5.74) is 1.69. The molecule has 9 nitrogen and oxygen atoms in total. The molecule has 3 fully saturated rings. The summed E-state index contributed by atoms with van der Waals surface area (Å²) in [6.45, 7) is 0.335. The summed E-state index contributed by atoms with van der Waals surface area (Å²) in [6, 6.07) is 9.70. The van der Waals surface area contributed by atoms with E-state index in [-0.39, 0.29) is 29.6 Å². The molecule has 2 aromatic carbocycles. The first-order valence-corrected chi connectivity index (χ1v) is 14.3. The molecule has 2 atom stereocenters. The minimum absolute atomic E-state index is 0.00339. The molecule has 41 heavy (non-hydrogen) atoms. The van der Waals surface area contributed by atoms with Crippen LogP contribution in [0.15, 0.2) is 45.4 Å². The fourth-order valence-corrected chi connectivity index (χ4v) is 6.71. The van der Waals surface area contributed by atoms with Crippen LogP contribution in [0, 0.1) is 5.82 Å². The van der Waals surface area contributed by atoms with Gasteiger partial charge < -0.3 is 23.8 Å². The second-order valence-corrected chi connectivity index (χ2v) is 11.6. The zero-order valence-electron chi connectivity index (χ0n) is 21.7. The lowest BCUT2D eigenvalue weighted by molar-refractivity contribution is 0.0144. The van der Waals surface area contributed by atoms with Gasteiger partial charge in [0.05, 0.1) is 33.9 Å². The lowest BCUT2D eigenvalue weighted by Gasteiger charge is -2.37. The molecule has 1 aliphatic carbocycles. The van der Waals surface area contributed by atoms with E-state index in [4.69, 9.17) is 37.0 Å². The standard InChI is InChI=1S/C29H25Cl2FN4O5/c30-21-5-2-6-22(31)23(21)25-20(26(40-34-25)14-7-8-14)13-39-17-11-15-9-10-16(12-17)36(15)29-33-27(41-35-29)18-3-1-4-19(24(18)32)28(37)38/h1-6,14-17H,7-13H2,(H,37,38). The highest BCUT2D eigenvalue weighted by Crippen LogP contribution is 2.47. The molecule has 2 bridgehead atoms. The lowest BCUT2D eigenvalue weighted by Crippen LogP contribution is -2.46. The zero-order valence-corrected chi connectivity index (χ0v) is 23.2. The number of hydrogen-bond donors (Lipinski definition) is 1. The molecule has 1 saturated carbocycles. The molecule has 212 valence electrons. The number of piperidine rings is 1. The van der Waals surface area contributed by atoms with Crippen LogP contribution in [0.5, 0.6) is 0 Å². The second-order valence-electron chi connectivity index (χ2n) is 10.8. The Balaban J connectivity index is 1.08. The average molecular weight is 599 g/mol. The average Bonchev–Trinajstić information content (AvgIpc) is 3.42. The SMILES string of the molecule is O=C(O)c1cccc(-c2nc(N3C4CCC3CC(OCc3c(-c5c(Cl)cccc5Cl)noc3C3CC3)C4)no2)c1F. The number of fused-ring (bicyclic) bond motifs is 2. The van der Waals surface area contributed by atoms with E-state index in [1.165, 1.54) is 18.2 Å². The predicted molar refractivity (Wildman–Crippen MR) is 148 cm³/mol. The molecule has 4 heterocycles. The maximum atomic E-state index is 14.8. The van der Waals surface area contributed by atoms with Gasteiger partial charge in [-0.05, 0) is 67.9 Å². The molecule has 2 unspecified atom stereocenters. The van der Waals surface area contributed by atoms with Crippen LogP contribution < -0.4 is 4.90 Å². The summed E-state index contributed by atoms with van der Waals surface area (Å²) in [7, 11) is 0.